The second kappa shape index (κ2) is 34.1. The molecule has 0 bridgehead atoms. The Morgan fingerprint density at radius 2 is 1.25 bits per heavy atom. The van der Waals surface area contributed by atoms with E-state index in [1.165, 1.54) is 81.9 Å². The molecule has 7 rings (SSSR count). The van der Waals surface area contributed by atoms with Crippen molar-refractivity contribution in [2.75, 3.05) is 88.6 Å². The Hall–Kier alpha value is -7.06. The summed E-state index contributed by atoms with van der Waals surface area (Å²) in [6.45, 7) is 4.15. The summed E-state index contributed by atoms with van der Waals surface area (Å²) < 4.78 is 41.6. The molecule has 3 heterocycles. The number of likely N-dealkylation sites (tertiary alicyclic amines) is 1. The van der Waals surface area contributed by atoms with Crippen molar-refractivity contribution in [3.05, 3.63) is 34.3 Å². The maximum Gasteiger partial charge on any atom is 0.417 e. The molecule has 0 radical (unpaired) electrons. The Morgan fingerprint density at radius 3 is 1.86 bits per heavy atom. The van der Waals surface area contributed by atoms with Gasteiger partial charge < -0.3 is 60.0 Å². The van der Waals surface area contributed by atoms with Crippen LogP contribution in [0.3, 0.4) is 0 Å². The van der Waals surface area contributed by atoms with Gasteiger partial charge in [0, 0.05) is 69.0 Å². The monoisotopic (exact) mass is 1380 g/mol. The lowest BCUT2D eigenvalue weighted by atomic mass is 9.81. The summed E-state index contributed by atoms with van der Waals surface area (Å²) in [5.74, 6) is -8.61. The van der Waals surface area contributed by atoms with E-state index in [9.17, 15) is 51.5 Å². The van der Waals surface area contributed by atoms with Gasteiger partial charge in [0.05, 0.1) is 36.6 Å². The maximum absolute atomic E-state index is 15.6. The van der Waals surface area contributed by atoms with Crippen LogP contribution in [0.15, 0.2) is 18.2 Å². The molecular weight excluding hydrogens is 1280 g/mol. The van der Waals surface area contributed by atoms with Gasteiger partial charge in [-0.25, -0.2) is 0 Å². The van der Waals surface area contributed by atoms with Crippen molar-refractivity contribution in [1.29, 1.82) is 0 Å². The minimum atomic E-state index is -4.76. The zero-order valence-electron chi connectivity index (χ0n) is 58.4. The van der Waals surface area contributed by atoms with Crippen LogP contribution in [0.2, 0.25) is 5.02 Å². The van der Waals surface area contributed by atoms with Crippen LogP contribution in [0.1, 0.15) is 173 Å². The van der Waals surface area contributed by atoms with E-state index in [0.717, 1.165) is 83.1 Å². The van der Waals surface area contributed by atoms with Gasteiger partial charge in [-0.15, -0.1) is 0 Å². The molecule has 3 saturated heterocycles. The van der Waals surface area contributed by atoms with Crippen LogP contribution in [-0.2, 0) is 70.1 Å². The Bertz CT molecular complexity index is 3040. The van der Waals surface area contributed by atoms with Crippen molar-refractivity contribution >= 4 is 82.5 Å². The van der Waals surface area contributed by atoms with Crippen molar-refractivity contribution in [2.24, 2.45) is 17.8 Å². The summed E-state index contributed by atoms with van der Waals surface area (Å²) in [5.41, 5.74) is -2.33. The molecule has 6 aliphatic rings. The lowest BCUT2D eigenvalue weighted by Crippen LogP contribution is -2.65. The van der Waals surface area contributed by atoms with Gasteiger partial charge in [-0.3, -0.25) is 57.5 Å². The number of rotatable bonds is 9. The van der Waals surface area contributed by atoms with Crippen LogP contribution < -0.4 is 16.0 Å². The van der Waals surface area contributed by atoms with E-state index in [4.69, 9.17) is 11.6 Å². The molecule has 97 heavy (non-hydrogen) atoms. The lowest BCUT2D eigenvalue weighted by Gasteiger charge is -2.43. The number of hydrogen-bond acceptors (Lipinski definition) is 12. The highest BCUT2D eigenvalue weighted by Crippen LogP contribution is 2.38. The quantitative estimate of drug-likeness (QED) is 0.295. The first-order valence-corrected chi connectivity index (χ1v) is 35.3. The molecule has 3 aliphatic heterocycles. The van der Waals surface area contributed by atoms with E-state index in [0.29, 0.717) is 70.0 Å². The fraction of sp³-hybridized carbons (Fsp3) is 0.739. The first kappa shape index (κ1) is 77.3. The highest BCUT2D eigenvalue weighted by molar-refractivity contribution is 6.31. The smallest absolute Gasteiger partial charge is 0.343 e. The van der Waals surface area contributed by atoms with Gasteiger partial charge >= 0.3 is 6.18 Å². The average molecular weight is 1390 g/mol. The Morgan fingerprint density at radius 1 is 0.639 bits per heavy atom. The van der Waals surface area contributed by atoms with Crippen LogP contribution in [0.25, 0.3) is 0 Å². The van der Waals surface area contributed by atoms with Crippen LogP contribution >= 0.6 is 11.6 Å². The van der Waals surface area contributed by atoms with Crippen LogP contribution in [0.4, 0.5) is 13.2 Å². The van der Waals surface area contributed by atoms with Gasteiger partial charge in [-0.1, -0.05) is 102 Å². The van der Waals surface area contributed by atoms with Gasteiger partial charge in [-0.05, 0) is 113 Å². The van der Waals surface area contributed by atoms with Crippen molar-refractivity contribution < 1.29 is 70.7 Å². The van der Waals surface area contributed by atoms with Gasteiger partial charge in [0.15, 0.2) is 0 Å². The Kier molecular flexibility index (Phi) is 27.2. The molecule has 0 unspecified atom stereocenters. The minimum absolute atomic E-state index is 0.0223. The highest BCUT2D eigenvalue weighted by atomic mass is 35.5. The van der Waals surface area contributed by atoms with E-state index in [1.54, 1.807) is 11.8 Å². The summed E-state index contributed by atoms with van der Waals surface area (Å²) >= 11 is 6.15. The molecule has 3 N–H and O–H groups in total. The number of carbonyl (C=O) groups is 12. The molecule has 12 amide bonds. The third-order valence-corrected chi connectivity index (χ3v) is 21.9. The maximum atomic E-state index is 15.6. The molecule has 6 fully saturated rings. The number of nitrogens with zero attached hydrogens (tertiary/aromatic N) is 9. The number of aryl methyl sites for hydroxylation is 1. The molecule has 1 aromatic rings. The molecule has 1 aromatic carbocycles. The van der Waals surface area contributed by atoms with Gasteiger partial charge in [-0.2, -0.15) is 13.2 Å². The minimum Gasteiger partial charge on any atom is -0.343 e. The van der Waals surface area contributed by atoms with Gasteiger partial charge in [0.2, 0.25) is 70.9 Å². The summed E-state index contributed by atoms with van der Waals surface area (Å²) in [6, 6.07) is -5.53. The number of alkyl halides is 3. The van der Waals surface area contributed by atoms with E-state index in [1.807, 2.05) is 6.92 Å². The number of carbonyl (C=O) groups excluding carboxylic acids is 12. The number of hydrogen-bond donors (Lipinski definition) is 3. The fourth-order valence-corrected chi connectivity index (χ4v) is 15.3. The Balaban J connectivity index is 1.26. The van der Waals surface area contributed by atoms with E-state index < -0.39 is 173 Å². The molecule has 28 heteroatoms. The molecule has 0 aromatic heterocycles. The molecule has 3 saturated carbocycles. The molecule has 540 valence electrons. The highest BCUT2D eigenvalue weighted by Gasteiger charge is 2.51. The molecule has 3 aliphatic carbocycles. The zero-order valence-corrected chi connectivity index (χ0v) is 59.2. The van der Waals surface area contributed by atoms with Crippen LogP contribution in [-0.4, -0.2) is 251 Å². The first-order chi connectivity index (χ1) is 45.8. The third kappa shape index (κ3) is 19.0. The molecule has 24 nitrogen and oxygen atoms in total. The average Bonchev–Trinajstić information content (AvgIpc) is 1.76. The van der Waals surface area contributed by atoms with Crippen molar-refractivity contribution in [2.45, 2.75) is 222 Å². The molecule has 8 atom stereocenters. The van der Waals surface area contributed by atoms with Crippen molar-refractivity contribution in [3.63, 3.8) is 0 Å². The topological polar surface area (TPSA) is 270 Å². The van der Waals surface area contributed by atoms with Gasteiger partial charge in [0.1, 0.15) is 47.8 Å². The molecule has 1 spiro atoms. The summed E-state index contributed by atoms with van der Waals surface area (Å²) in [6.07, 6.45) is 6.14. The number of amides is 12. The summed E-state index contributed by atoms with van der Waals surface area (Å²) in [5, 5.41) is 8.06. The lowest BCUT2D eigenvalue weighted by molar-refractivity contribution is -0.156. The first-order valence-electron chi connectivity index (χ1n) is 35.0. The fourth-order valence-electron chi connectivity index (χ4n) is 15.0. The van der Waals surface area contributed by atoms with E-state index >= 15 is 19.2 Å². The van der Waals surface area contributed by atoms with Crippen molar-refractivity contribution in [1.82, 2.24) is 60.0 Å². The van der Waals surface area contributed by atoms with Crippen LogP contribution in [0, 0.1) is 17.8 Å². The predicted molar refractivity (Wildman–Crippen MR) is 355 cm³/mol. The number of benzene rings is 1. The second-order valence-corrected chi connectivity index (χ2v) is 28.8. The second-order valence-electron chi connectivity index (χ2n) is 28.4. The predicted octanol–water partition coefficient (Wildman–Crippen LogP) is 5.01. The number of fused-ring (bicyclic) bond motifs is 1. The number of likely N-dealkylation sites (N-methyl/N-ethyl adjacent to an activating group) is 7. The summed E-state index contributed by atoms with van der Waals surface area (Å²) in [4.78, 5) is 188. The van der Waals surface area contributed by atoms with Gasteiger partial charge in [0.25, 0.3) is 0 Å². The number of nitrogens with one attached hydrogen (secondary N) is 3. The molecular formula is C69H104ClF3N12O12. The largest absolute Gasteiger partial charge is 0.417 e. The Labute approximate surface area is 574 Å². The third-order valence-electron chi connectivity index (χ3n) is 21.6. The van der Waals surface area contributed by atoms with E-state index in [2.05, 4.69) is 16.0 Å². The normalized spacial score (nSPS) is 27.2. The van der Waals surface area contributed by atoms with Crippen molar-refractivity contribution in [3.8, 4) is 0 Å². The zero-order chi connectivity index (χ0) is 71.4. The van der Waals surface area contributed by atoms with E-state index in [-0.39, 0.29) is 51.0 Å². The SMILES string of the molecule is CC[C@H](C)[C@@H]1NC(=O)[C@H](C)N(C)C(=O)C[C@@H](C(=O)N2CCCC2)N(C)C(=O)[C@H](C2CCCCC2)N(C)C(=O)C2(CCCC2)NC(=O)[C@@H]2CCCN2C(=O)[C@H](CCc2ccc(C(F)(F)F)c(Cl)c2)NC(=O)CN(C)C(=O)[C@H](CC2CCCCC2)N(C)C(=O)CN(C)C(=O)CN(C)C1=O. The number of halogens is 4. The summed E-state index contributed by atoms with van der Waals surface area (Å²) in [7, 11) is 9.89. The standard InChI is InChI=1S/C69H104ClF3N12O12/c1-11-43(2)58-65(95)79(6)41-56(88)77(4)42-57(89)81(8)52(38-45-23-14-12-15-24-45)63(93)78(5)40-54(86)74-50(31-29-46-28-30-48(49(70)37-46)69(71,72)73)62(92)85-36-22-27-51(85)61(91)76-68(32-18-19-33-68)67(97)83(10)59(47-25-16-13-17-26-47)66(96)82(9)53(64(94)84-34-20-21-35-84)39-55(87)80(7)44(3)60(90)75-58/h28,30,37,43-45,47,50-53,58-59H,11-27,29,31-36,38-42H2,1-10H3,(H,74,86)(H,75,90)(H,76,91)/t43-,44-,50-,51-,52-,53-,58-,59-/m0/s1. The van der Waals surface area contributed by atoms with Crippen LogP contribution in [0.5, 0.6) is 0 Å².